The Hall–Kier alpha value is -3.45. The zero-order valence-corrected chi connectivity index (χ0v) is 18.8. The van der Waals surface area contributed by atoms with Crippen molar-refractivity contribution in [3.8, 4) is 0 Å². The fourth-order valence-electron chi connectivity index (χ4n) is 2.70. The Kier molecular flexibility index (Phi) is 8.60. The van der Waals surface area contributed by atoms with Crippen LogP contribution in [0.5, 0.6) is 0 Å². The first-order valence-electron chi connectivity index (χ1n) is 9.95. The number of carbonyl (C=O) groups is 2. The van der Waals surface area contributed by atoms with E-state index < -0.39 is 12.8 Å². The summed E-state index contributed by atoms with van der Waals surface area (Å²) in [7, 11) is 1.68. The molecular formula is C21H21F3N6O3S. The van der Waals surface area contributed by atoms with Crippen LogP contribution < -0.4 is 10.6 Å². The van der Waals surface area contributed by atoms with Crippen LogP contribution in [-0.4, -0.2) is 50.6 Å². The minimum Gasteiger partial charge on any atom is -0.367 e. The van der Waals surface area contributed by atoms with Gasteiger partial charge < -0.3 is 15.4 Å². The second-order valence-corrected chi connectivity index (χ2v) is 8.05. The smallest absolute Gasteiger partial charge is 0.367 e. The number of hydrogen-bond donors (Lipinski definition) is 2. The molecule has 2 N–H and O–H groups in total. The van der Waals surface area contributed by atoms with Crippen molar-refractivity contribution in [2.45, 2.75) is 24.5 Å². The molecule has 0 atom stereocenters. The largest absolute Gasteiger partial charge is 0.411 e. The molecule has 0 aliphatic heterocycles. The third kappa shape index (κ3) is 8.15. The summed E-state index contributed by atoms with van der Waals surface area (Å²) in [5.41, 5.74) is 2.34. The van der Waals surface area contributed by atoms with Crippen LogP contribution in [0.3, 0.4) is 0 Å². The van der Waals surface area contributed by atoms with Gasteiger partial charge in [0.2, 0.25) is 11.1 Å². The number of ether oxygens (including phenoxy) is 1. The Morgan fingerprint density at radius 1 is 1.06 bits per heavy atom. The van der Waals surface area contributed by atoms with Crippen molar-refractivity contribution in [2.75, 3.05) is 17.7 Å². The van der Waals surface area contributed by atoms with Crippen molar-refractivity contribution in [1.29, 1.82) is 0 Å². The molecule has 0 saturated heterocycles. The Labute approximate surface area is 197 Å². The predicted octanol–water partition coefficient (Wildman–Crippen LogP) is 2.95. The molecular weight excluding hydrogens is 473 g/mol. The monoisotopic (exact) mass is 494 g/mol. The lowest BCUT2D eigenvalue weighted by molar-refractivity contribution is -0.176. The van der Waals surface area contributed by atoms with Crippen LogP contribution in [0.4, 0.5) is 18.9 Å². The van der Waals surface area contributed by atoms with Crippen LogP contribution in [0.25, 0.3) is 0 Å². The Morgan fingerprint density at radius 2 is 1.74 bits per heavy atom. The van der Waals surface area contributed by atoms with E-state index in [0.29, 0.717) is 22.0 Å². The van der Waals surface area contributed by atoms with Gasteiger partial charge in [0.25, 0.3) is 5.91 Å². The summed E-state index contributed by atoms with van der Waals surface area (Å²) in [4.78, 5) is 24.4. The number of benzene rings is 2. The van der Waals surface area contributed by atoms with Crippen LogP contribution in [-0.2, 0) is 29.7 Å². The van der Waals surface area contributed by atoms with Gasteiger partial charge in [-0.15, -0.1) is 5.10 Å². The third-order valence-electron chi connectivity index (χ3n) is 4.35. The van der Waals surface area contributed by atoms with E-state index in [9.17, 15) is 22.8 Å². The maximum Gasteiger partial charge on any atom is 0.411 e. The molecule has 2 aromatic carbocycles. The molecule has 0 fully saturated rings. The van der Waals surface area contributed by atoms with E-state index in [1.54, 1.807) is 55.6 Å². The third-order valence-corrected chi connectivity index (χ3v) is 5.37. The summed E-state index contributed by atoms with van der Waals surface area (Å²) in [6, 6.07) is 13.1. The lowest BCUT2D eigenvalue weighted by Crippen LogP contribution is -2.22. The van der Waals surface area contributed by atoms with E-state index in [0.717, 1.165) is 5.56 Å². The summed E-state index contributed by atoms with van der Waals surface area (Å²) in [6.45, 7) is -1.20. The lowest BCUT2D eigenvalue weighted by Gasteiger charge is -2.09. The number of aromatic nitrogens is 4. The van der Waals surface area contributed by atoms with Crippen LogP contribution in [0.15, 0.2) is 53.7 Å². The number of nitrogens with zero attached hydrogens (tertiary/aromatic N) is 4. The van der Waals surface area contributed by atoms with Crippen molar-refractivity contribution in [1.82, 2.24) is 25.5 Å². The first-order valence-corrected chi connectivity index (χ1v) is 10.9. The summed E-state index contributed by atoms with van der Waals surface area (Å²) >= 11 is 1.20. The zero-order valence-electron chi connectivity index (χ0n) is 18.0. The second-order valence-electron chi connectivity index (χ2n) is 7.11. The van der Waals surface area contributed by atoms with E-state index in [2.05, 4.69) is 30.9 Å². The van der Waals surface area contributed by atoms with Gasteiger partial charge in [-0.05, 0) is 45.8 Å². The van der Waals surface area contributed by atoms with E-state index in [1.807, 2.05) is 0 Å². The van der Waals surface area contributed by atoms with Gasteiger partial charge in [0.05, 0.1) is 12.4 Å². The zero-order chi connectivity index (χ0) is 24.6. The van der Waals surface area contributed by atoms with Crippen molar-refractivity contribution < 1.29 is 27.5 Å². The van der Waals surface area contributed by atoms with Gasteiger partial charge in [-0.1, -0.05) is 36.0 Å². The fourth-order valence-corrected chi connectivity index (χ4v) is 3.35. The minimum atomic E-state index is -4.36. The molecule has 1 heterocycles. The Morgan fingerprint density at radius 3 is 2.35 bits per heavy atom. The first-order chi connectivity index (χ1) is 16.2. The molecule has 2 amide bonds. The average Bonchev–Trinajstić information content (AvgIpc) is 3.21. The summed E-state index contributed by atoms with van der Waals surface area (Å²) in [5, 5.41) is 17.0. The molecule has 0 unspecified atom stereocenters. The number of carbonyl (C=O) groups excluding carboxylic acids is 2. The highest BCUT2D eigenvalue weighted by Gasteiger charge is 2.27. The highest BCUT2D eigenvalue weighted by molar-refractivity contribution is 7.99. The SMILES string of the molecule is Cn1nnnc1SCC(=O)Nc1ccc(C(=O)NCc2ccc(COCC(F)(F)F)cc2)cc1. The van der Waals surface area contributed by atoms with Gasteiger partial charge in [-0.2, -0.15) is 13.2 Å². The molecule has 3 rings (SSSR count). The van der Waals surface area contributed by atoms with Crippen molar-refractivity contribution in [3.05, 3.63) is 65.2 Å². The molecule has 180 valence electrons. The average molecular weight is 494 g/mol. The first kappa shape index (κ1) is 25.2. The lowest BCUT2D eigenvalue weighted by atomic mass is 10.1. The number of hydrogen-bond acceptors (Lipinski definition) is 7. The fraction of sp³-hybridized carbons (Fsp3) is 0.286. The summed E-state index contributed by atoms with van der Waals surface area (Å²) in [6.07, 6.45) is -4.36. The van der Waals surface area contributed by atoms with Crippen molar-refractivity contribution in [2.24, 2.45) is 7.05 Å². The number of anilines is 1. The predicted molar refractivity (Wildman–Crippen MR) is 118 cm³/mol. The maximum atomic E-state index is 12.4. The van der Waals surface area contributed by atoms with E-state index in [1.165, 1.54) is 16.4 Å². The van der Waals surface area contributed by atoms with E-state index in [-0.39, 0.29) is 30.7 Å². The highest BCUT2D eigenvalue weighted by atomic mass is 32.2. The van der Waals surface area contributed by atoms with Gasteiger partial charge >= 0.3 is 6.18 Å². The van der Waals surface area contributed by atoms with Crippen LogP contribution in [0, 0.1) is 0 Å². The minimum absolute atomic E-state index is 0.129. The van der Waals surface area contributed by atoms with Gasteiger partial charge in [0.15, 0.2) is 0 Å². The van der Waals surface area contributed by atoms with Crippen molar-refractivity contribution >= 4 is 29.3 Å². The summed E-state index contributed by atoms with van der Waals surface area (Å²) < 4.78 is 42.4. The number of thioether (sulfide) groups is 1. The highest BCUT2D eigenvalue weighted by Crippen LogP contribution is 2.16. The summed E-state index contributed by atoms with van der Waals surface area (Å²) in [5.74, 6) is -0.415. The standard InChI is InChI=1S/C21H21F3N6O3S/c1-30-20(27-28-29-30)34-12-18(31)26-17-8-6-16(7-9-17)19(32)25-10-14-2-4-15(5-3-14)11-33-13-21(22,23)24/h2-9H,10-13H2,1H3,(H,25,32)(H,26,31). The van der Waals surface area contributed by atoms with E-state index in [4.69, 9.17) is 0 Å². The van der Waals surface area contributed by atoms with Gasteiger partial charge in [0, 0.05) is 24.8 Å². The molecule has 1 aromatic heterocycles. The van der Waals surface area contributed by atoms with Crippen molar-refractivity contribution in [3.63, 3.8) is 0 Å². The van der Waals surface area contributed by atoms with Gasteiger partial charge in [-0.3, -0.25) is 9.59 Å². The Balaban J connectivity index is 1.42. The number of alkyl halides is 3. The molecule has 0 aliphatic rings. The molecule has 0 saturated carbocycles. The number of aryl methyl sites for hydroxylation is 1. The quantitative estimate of drug-likeness (QED) is 0.417. The molecule has 0 spiro atoms. The van der Waals surface area contributed by atoms with Crippen LogP contribution >= 0.6 is 11.8 Å². The van der Waals surface area contributed by atoms with Gasteiger partial charge in [-0.25, -0.2) is 4.68 Å². The number of rotatable bonds is 10. The molecule has 3 aromatic rings. The molecule has 34 heavy (non-hydrogen) atoms. The van der Waals surface area contributed by atoms with Crippen LogP contribution in [0.2, 0.25) is 0 Å². The number of halogens is 3. The Bertz CT molecular complexity index is 1100. The maximum absolute atomic E-state index is 12.4. The molecule has 0 radical (unpaired) electrons. The molecule has 13 heteroatoms. The van der Waals surface area contributed by atoms with E-state index >= 15 is 0 Å². The second kappa shape index (κ2) is 11.6. The molecule has 0 aliphatic carbocycles. The van der Waals surface area contributed by atoms with Crippen LogP contribution in [0.1, 0.15) is 21.5 Å². The number of amides is 2. The number of nitrogens with one attached hydrogen (secondary N) is 2. The topological polar surface area (TPSA) is 111 Å². The normalized spacial score (nSPS) is 11.3. The number of tetrazole rings is 1. The van der Waals surface area contributed by atoms with Gasteiger partial charge in [0.1, 0.15) is 6.61 Å². The molecule has 0 bridgehead atoms. The molecule has 9 nitrogen and oxygen atoms in total.